The van der Waals surface area contributed by atoms with Crippen molar-refractivity contribution in [2.45, 2.75) is 12.8 Å². The molecule has 0 spiro atoms. The highest BCUT2D eigenvalue weighted by molar-refractivity contribution is 5.97. The van der Waals surface area contributed by atoms with Crippen LogP contribution in [0.1, 0.15) is 22.3 Å². The fourth-order valence-electron chi connectivity index (χ4n) is 3.62. The van der Waals surface area contributed by atoms with Gasteiger partial charge in [-0.2, -0.15) is 0 Å². The minimum Gasteiger partial charge on any atom is -0.504 e. The number of hydrogen-bond donors (Lipinski definition) is 2. The number of carbonyl (C=O) groups is 1. The Labute approximate surface area is 208 Å². The highest BCUT2D eigenvalue weighted by Gasteiger charge is 2.14. The van der Waals surface area contributed by atoms with Gasteiger partial charge in [-0.3, -0.25) is 4.79 Å². The molecule has 2 N–H and O–H groups in total. The molecule has 0 saturated heterocycles. The Hall–Kier alpha value is -4.30. The highest BCUT2D eigenvalue weighted by Crippen LogP contribution is 2.24. The number of para-hydroxylation sites is 1. The first-order chi connectivity index (χ1) is 17.6. The number of carbonyl (C=O) groups excluding carboxylic acids is 1. The monoisotopic (exact) mass is 488 g/mol. The fourth-order valence-corrected chi connectivity index (χ4v) is 3.62. The van der Waals surface area contributed by atoms with E-state index in [2.05, 4.69) is 10.3 Å². The van der Waals surface area contributed by atoms with Crippen LogP contribution in [0.25, 0.3) is 11.0 Å². The van der Waals surface area contributed by atoms with Crippen molar-refractivity contribution < 1.29 is 28.5 Å². The quantitative estimate of drug-likeness (QED) is 0.247. The molecular formula is C28H28N2O6. The number of fused-ring (bicyclic) bond motifs is 1. The standard InChI is InChI=1S/C28H28N2O6/c1-33-18-35-23-12-8-19(9-13-23)5-4-16-29-27(32)24-17-20-6-3-7-25(31)26(20)36-28(24)30-21-10-14-22(34-2)15-11-21/h3,6-15,17,31H,4-5,16,18H2,1-2H3,(H,29,32). The van der Waals surface area contributed by atoms with E-state index in [9.17, 15) is 9.90 Å². The van der Waals surface area contributed by atoms with Gasteiger partial charge < -0.3 is 29.1 Å². The van der Waals surface area contributed by atoms with Crippen molar-refractivity contribution in [3.05, 3.63) is 89.5 Å². The molecule has 36 heavy (non-hydrogen) atoms. The molecule has 0 aliphatic carbocycles. The summed E-state index contributed by atoms with van der Waals surface area (Å²) in [7, 11) is 3.16. The number of ether oxygens (including phenoxy) is 3. The lowest BCUT2D eigenvalue weighted by molar-refractivity contribution is 0.0511. The Balaban J connectivity index is 1.49. The molecule has 0 saturated carbocycles. The summed E-state index contributed by atoms with van der Waals surface area (Å²) in [5.74, 6) is 1.11. The lowest BCUT2D eigenvalue weighted by atomic mass is 10.1. The number of phenols is 1. The van der Waals surface area contributed by atoms with Crippen LogP contribution < -0.4 is 20.3 Å². The van der Waals surface area contributed by atoms with Crippen LogP contribution in [-0.2, 0) is 11.2 Å². The van der Waals surface area contributed by atoms with Crippen LogP contribution in [0, 0.1) is 0 Å². The number of amides is 1. The molecule has 1 aromatic heterocycles. The minimum absolute atomic E-state index is 0.0238. The van der Waals surface area contributed by atoms with Crippen molar-refractivity contribution in [1.29, 1.82) is 0 Å². The Morgan fingerprint density at radius 2 is 1.75 bits per heavy atom. The van der Waals surface area contributed by atoms with Crippen LogP contribution in [0.2, 0.25) is 0 Å². The number of aromatic hydroxyl groups is 1. The fraction of sp³-hybridized carbons (Fsp3) is 0.214. The summed E-state index contributed by atoms with van der Waals surface area (Å²) in [6, 6.07) is 21.5. The summed E-state index contributed by atoms with van der Waals surface area (Å²) in [6.07, 6.45) is 1.55. The molecule has 1 heterocycles. The number of rotatable bonds is 10. The summed E-state index contributed by atoms with van der Waals surface area (Å²) in [6.45, 7) is 0.680. The molecule has 0 aliphatic rings. The van der Waals surface area contributed by atoms with Gasteiger partial charge in [0, 0.05) is 19.0 Å². The van der Waals surface area contributed by atoms with Crippen molar-refractivity contribution >= 4 is 22.6 Å². The number of methoxy groups -OCH3 is 2. The largest absolute Gasteiger partial charge is 0.504 e. The number of hydrogen-bond acceptors (Lipinski definition) is 7. The van der Waals surface area contributed by atoms with Gasteiger partial charge in [-0.15, -0.1) is 0 Å². The van der Waals surface area contributed by atoms with Gasteiger partial charge >= 0.3 is 0 Å². The highest BCUT2D eigenvalue weighted by atomic mass is 16.7. The molecule has 4 rings (SSSR count). The van der Waals surface area contributed by atoms with E-state index in [1.807, 2.05) is 24.3 Å². The van der Waals surface area contributed by atoms with E-state index in [1.54, 1.807) is 56.7 Å². The van der Waals surface area contributed by atoms with Gasteiger partial charge in [-0.1, -0.05) is 24.3 Å². The summed E-state index contributed by atoms with van der Waals surface area (Å²) in [5.41, 5.74) is 2.38. The summed E-state index contributed by atoms with van der Waals surface area (Å²) in [5, 5.41) is 13.8. The van der Waals surface area contributed by atoms with E-state index in [-0.39, 0.29) is 35.2 Å². The summed E-state index contributed by atoms with van der Waals surface area (Å²) < 4.78 is 21.4. The van der Waals surface area contributed by atoms with Crippen LogP contribution in [0.4, 0.5) is 5.69 Å². The van der Waals surface area contributed by atoms with Crippen LogP contribution in [0.3, 0.4) is 0 Å². The van der Waals surface area contributed by atoms with Crippen LogP contribution in [-0.4, -0.2) is 38.6 Å². The third kappa shape index (κ3) is 6.22. The maximum absolute atomic E-state index is 13.1. The molecule has 8 nitrogen and oxygen atoms in total. The first-order valence-electron chi connectivity index (χ1n) is 11.5. The molecule has 1 amide bonds. The van der Waals surface area contributed by atoms with E-state index in [1.165, 1.54) is 6.07 Å². The van der Waals surface area contributed by atoms with E-state index >= 15 is 0 Å². The molecule has 0 radical (unpaired) electrons. The number of aryl methyl sites for hydroxylation is 1. The SMILES string of the molecule is COCOc1ccc(CCCNC(=O)c2cc3cccc(O)c3oc2=Nc2ccc(OC)cc2)cc1. The predicted molar refractivity (Wildman–Crippen MR) is 136 cm³/mol. The number of nitrogens with zero attached hydrogens (tertiary/aromatic N) is 1. The second-order valence-corrected chi connectivity index (χ2v) is 8.02. The third-order valence-electron chi connectivity index (χ3n) is 5.50. The average molecular weight is 489 g/mol. The van der Waals surface area contributed by atoms with E-state index in [4.69, 9.17) is 18.6 Å². The normalized spacial score (nSPS) is 11.4. The van der Waals surface area contributed by atoms with Gasteiger partial charge in [0.2, 0.25) is 5.55 Å². The molecular weight excluding hydrogens is 460 g/mol. The number of nitrogens with one attached hydrogen (secondary N) is 1. The minimum atomic E-state index is -0.306. The van der Waals surface area contributed by atoms with Crippen molar-refractivity contribution in [2.75, 3.05) is 27.6 Å². The zero-order chi connectivity index (χ0) is 25.3. The van der Waals surface area contributed by atoms with Crippen molar-refractivity contribution in [3.8, 4) is 17.2 Å². The zero-order valence-electron chi connectivity index (χ0n) is 20.2. The molecule has 3 aromatic carbocycles. The van der Waals surface area contributed by atoms with E-state index in [0.717, 1.165) is 24.2 Å². The Kier molecular flexibility index (Phi) is 8.20. The van der Waals surface area contributed by atoms with Crippen LogP contribution >= 0.6 is 0 Å². The number of phenolic OH excluding ortho intramolecular Hbond substituents is 1. The third-order valence-corrected chi connectivity index (χ3v) is 5.50. The van der Waals surface area contributed by atoms with Crippen molar-refractivity contribution in [1.82, 2.24) is 5.32 Å². The summed E-state index contributed by atoms with van der Waals surface area (Å²) in [4.78, 5) is 17.6. The Bertz CT molecular complexity index is 1380. The smallest absolute Gasteiger partial charge is 0.256 e. The molecule has 0 unspecified atom stereocenters. The lowest BCUT2D eigenvalue weighted by Crippen LogP contribution is -2.29. The summed E-state index contributed by atoms with van der Waals surface area (Å²) >= 11 is 0. The Morgan fingerprint density at radius 1 is 1.00 bits per heavy atom. The van der Waals surface area contributed by atoms with Gasteiger partial charge in [0.25, 0.3) is 5.91 Å². The molecule has 0 aliphatic heterocycles. The Morgan fingerprint density at radius 3 is 2.47 bits per heavy atom. The maximum atomic E-state index is 13.1. The predicted octanol–water partition coefficient (Wildman–Crippen LogP) is 4.72. The van der Waals surface area contributed by atoms with Crippen molar-refractivity contribution in [3.63, 3.8) is 0 Å². The van der Waals surface area contributed by atoms with Crippen molar-refractivity contribution in [2.24, 2.45) is 4.99 Å². The maximum Gasteiger partial charge on any atom is 0.256 e. The first-order valence-corrected chi connectivity index (χ1v) is 11.5. The van der Waals surface area contributed by atoms with E-state index < -0.39 is 0 Å². The molecule has 0 fully saturated rings. The van der Waals surface area contributed by atoms with Crippen LogP contribution in [0.15, 0.2) is 82.2 Å². The average Bonchev–Trinajstić information content (AvgIpc) is 2.91. The lowest BCUT2D eigenvalue weighted by Gasteiger charge is -2.08. The second kappa shape index (κ2) is 11.9. The van der Waals surface area contributed by atoms with E-state index in [0.29, 0.717) is 23.4 Å². The van der Waals surface area contributed by atoms with Crippen LogP contribution in [0.5, 0.6) is 17.2 Å². The molecule has 0 atom stereocenters. The number of benzene rings is 3. The van der Waals surface area contributed by atoms with Gasteiger partial charge in [0.05, 0.1) is 12.8 Å². The van der Waals surface area contributed by atoms with Gasteiger partial charge in [-0.25, -0.2) is 4.99 Å². The molecule has 0 bridgehead atoms. The zero-order valence-corrected chi connectivity index (χ0v) is 20.2. The molecule has 4 aromatic rings. The topological polar surface area (TPSA) is 103 Å². The van der Waals surface area contributed by atoms with Gasteiger partial charge in [0.15, 0.2) is 18.1 Å². The second-order valence-electron chi connectivity index (χ2n) is 8.02. The first kappa shape index (κ1) is 24.8. The van der Waals surface area contributed by atoms with Gasteiger partial charge in [0.1, 0.15) is 17.1 Å². The molecule has 8 heteroatoms. The van der Waals surface area contributed by atoms with Gasteiger partial charge in [-0.05, 0) is 66.9 Å². The molecule has 186 valence electrons.